The first-order chi connectivity index (χ1) is 18.6. The number of rotatable bonds is 6. The van der Waals surface area contributed by atoms with E-state index < -0.39 is 29.2 Å². The third-order valence-corrected chi connectivity index (χ3v) is 6.49. The first kappa shape index (κ1) is 26.1. The molecule has 2 aromatic heterocycles. The standard InChI is InChI=1S/C29H25F2N3O5/c1-14-10-19(16(3)38-23-9-7-21(30)25(31)24(23)29(36)33-37-5)28-20(11-14)26(35)15(2)27(39-28)17-6-8-22-18(12-17)13-34(4)32-22/h6-13,16H,1-5H3,(H,33,36)/t16-/m1/s1. The lowest BCUT2D eigenvalue weighted by Gasteiger charge is -2.20. The summed E-state index contributed by atoms with van der Waals surface area (Å²) in [5.41, 5.74) is 4.63. The van der Waals surface area contributed by atoms with Crippen LogP contribution >= 0.6 is 0 Å². The Morgan fingerprint density at radius 1 is 1.13 bits per heavy atom. The minimum absolute atomic E-state index is 0.206. The lowest BCUT2D eigenvalue weighted by Crippen LogP contribution is -2.24. The van der Waals surface area contributed by atoms with Crippen LogP contribution in [-0.2, 0) is 11.9 Å². The van der Waals surface area contributed by atoms with Gasteiger partial charge in [0.15, 0.2) is 17.1 Å². The molecule has 0 spiro atoms. The Bertz CT molecular complexity index is 1830. The van der Waals surface area contributed by atoms with Crippen LogP contribution in [0.5, 0.6) is 5.75 Å². The van der Waals surface area contributed by atoms with Crippen molar-refractivity contribution in [2.45, 2.75) is 26.9 Å². The smallest absolute Gasteiger partial charge is 0.281 e. The van der Waals surface area contributed by atoms with Gasteiger partial charge in [0.05, 0.1) is 18.0 Å². The maximum atomic E-state index is 14.6. The lowest BCUT2D eigenvalue weighted by molar-refractivity contribution is 0.0526. The summed E-state index contributed by atoms with van der Waals surface area (Å²) in [4.78, 5) is 30.5. The second-order valence-electron chi connectivity index (χ2n) is 9.32. The van der Waals surface area contributed by atoms with Crippen LogP contribution in [0.25, 0.3) is 33.2 Å². The summed E-state index contributed by atoms with van der Waals surface area (Å²) in [6.07, 6.45) is 1.04. The van der Waals surface area contributed by atoms with E-state index in [4.69, 9.17) is 9.15 Å². The predicted octanol–water partition coefficient (Wildman–Crippen LogP) is 5.67. The van der Waals surface area contributed by atoms with Gasteiger partial charge in [-0.25, -0.2) is 14.3 Å². The van der Waals surface area contributed by atoms with Gasteiger partial charge in [0.25, 0.3) is 5.91 Å². The van der Waals surface area contributed by atoms with Crippen molar-refractivity contribution in [3.63, 3.8) is 0 Å². The predicted molar refractivity (Wildman–Crippen MR) is 142 cm³/mol. The average molecular weight is 534 g/mol. The van der Waals surface area contributed by atoms with Crippen LogP contribution in [0.1, 0.15) is 40.1 Å². The van der Waals surface area contributed by atoms with E-state index in [1.165, 1.54) is 7.11 Å². The molecule has 2 heterocycles. The van der Waals surface area contributed by atoms with Crippen LogP contribution in [0, 0.1) is 25.5 Å². The van der Waals surface area contributed by atoms with Crippen molar-refractivity contribution in [2.24, 2.45) is 7.05 Å². The van der Waals surface area contributed by atoms with E-state index in [0.717, 1.165) is 28.6 Å². The molecule has 1 N–H and O–H groups in total. The van der Waals surface area contributed by atoms with Gasteiger partial charge in [0.1, 0.15) is 28.8 Å². The summed E-state index contributed by atoms with van der Waals surface area (Å²) in [7, 11) is 3.00. The number of hydroxylamine groups is 1. The number of hydrogen-bond acceptors (Lipinski definition) is 6. The highest BCUT2D eigenvalue weighted by molar-refractivity contribution is 5.96. The fourth-order valence-electron chi connectivity index (χ4n) is 4.68. The van der Waals surface area contributed by atoms with Crippen molar-refractivity contribution < 1.29 is 27.6 Å². The number of amides is 1. The summed E-state index contributed by atoms with van der Waals surface area (Å²) >= 11 is 0. The Balaban J connectivity index is 1.65. The Kier molecular flexibility index (Phi) is 6.65. The Labute approximate surface area is 221 Å². The molecule has 0 fully saturated rings. The molecule has 0 aliphatic rings. The monoisotopic (exact) mass is 533 g/mol. The van der Waals surface area contributed by atoms with Crippen LogP contribution in [0.2, 0.25) is 0 Å². The SMILES string of the molecule is CONC(=O)c1c(O[C@H](C)c2cc(C)cc3c(=O)c(C)c(-c4ccc5nn(C)cc5c4)oc23)ccc(F)c1F. The fourth-order valence-corrected chi connectivity index (χ4v) is 4.68. The highest BCUT2D eigenvalue weighted by atomic mass is 19.2. The molecule has 8 nitrogen and oxygen atoms in total. The van der Waals surface area contributed by atoms with Gasteiger partial charge in [-0.3, -0.25) is 19.1 Å². The molecule has 0 radical (unpaired) electrons. The molecule has 5 aromatic rings. The van der Waals surface area contributed by atoms with Gasteiger partial charge >= 0.3 is 0 Å². The first-order valence-electron chi connectivity index (χ1n) is 12.1. The average Bonchev–Trinajstić information content (AvgIpc) is 3.27. The molecular formula is C29H25F2N3O5. The number of aromatic nitrogens is 2. The summed E-state index contributed by atoms with van der Waals surface area (Å²) < 4.78 is 42.6. The van der Waals surface area contributed by atoms with Crippen LogP contribution in [0.3, 0.4) is 0 Å². The molecule has 1 amide bonds. The van der Waals surface area contributed by atoms with Crippen LogP contribution < -0.4 is 15.6 Å². The Morgan fingerprint density at radius 2 is 1.90 bits per heavy atom. The zero-order valence-electron chi connectivity index (χ0n) is 21.9. The third-order valence-electron chi connectivity index (χ3n) is 6.49. The van der Waals surface area contributed by atoms with Crippen molar-refractivity contribution in [3.8, 4) is 17.1 Å². The van der Waals surface area contributed by atoms with Crippen LogP contribution in [-0.4, -0.2) is 22.8 Å². The zero-order valence-corrected chi connectivity index (χ0v) is 21.9. The number of halogens is 2. The molecule has 0 bridgehead atoms. The molecule has 3 aromatic carbocycles. The summed E-state index contributed by atoms with van der Waals surface area (Å²) in [6, 6.07) is 11.1. The van der Waals surface area contributed by atoms with Crippen molar-refractivity contribution >= 4 is 27.8 Å². The van der Waals surface area contributed by atoms with Gasteiger partial charge < -0.3 is 9.15 Å². The van der Waals surface area contributed by atoms with E-state index in [1.54, 1.807) is 30.7 Å². The third kappa shape index (κ3) is 4.63. The van der Waals surface area contributed by atoms with Crippen molar-refractivity contribution in [1.29, 1.82) is 0 Å². The van der Waals surface area contributed by atoms with Gasteiger partial charge in [-0.05, 0) is 68.8 Å². The molecular weight excluding hydrogens is 508 g/mol. The number of aryl methyl sites for hydroxylation is 2. The topological polar surface area (TPSA) is 95.6 Å². The molecule has 0 saturated carbocycles. The second-order valence-corrected chi connectivity index (χ2v) is 9.32. The van der Waals surface area contributed by atoms with Gasteiger partial charge in [-0.2, -0.15) is 5.10 Å². The summed E-state index contributed by atoms with van der Waals surface area (Å²) in [6.45, 7) is 5.19. The largest absolute Gasteiger partial charge is 0.485 e. The highest BCUT2D eigenvalue weighted by Gasteiger charge is 2.25. The van der Waals surface area contributed by atoms with Crippen molar-refractivity contribution in [1.82, 2.24) is 15.3 Å². The fraction of sp³-hybridized carbons (Fsp3) is 0.207. The summed E-state index contributed by atoms with van der Waals surface area (Å²) in [5, 5.41) is 5.63. The number of fused-ring (bicyclic) bond motifs is 2. The molecule has 10 heteroatoms. The van der Waals surface area contributed by atoms with Gasteiger partial charge in [0.2, 0.25) is 0 Å². The zero-order chi connectivity index (χ0) is 28.0. The van der Waals surface area contributed by atoms with Crippen molar-refractivity contribution in [3.05, 3.63) is 92.8 Å². The number of benzene rings is 3. The molecule has 0 unspecified atom stereocenters. The van der Waals surface area contributed by atoms with E-state index in [1.807, 2.05) is 43.8 Å². The van der Waals surface area contributed by atoms with E-state index in [0.29, 0.717) is 27.8 Å². The minimum Gasteiger partial charge on any atom is -0.485 e. The number of hydrogen-bond donors (Lipinski definition) is 1. The second kappa shape index (κ2) is 9.95. The highest BCUT2D eigenvalue weighted by Crippen LogP contribution is 2.35. The molecule has 0 aliphatic carbocycles. The minimum atomic E-state index is -1.38. The molecule has 39 heavy (non-hydrogen) atoms. The quantitative estimate of drug-likeness (QED) is 0.283. The number of nitrogens with zero attached hydrogens (tertiary/aromatic N) is 2. The Hall–Kier alpha value is -4.57. The van der Waals surface area contributed by atoms with E-state index >= 15 is 0 Å². The van der Waals surface area contributed by atoms with Crippen molar-refractivity contribution in [2.75, 3.05) is 7.11 Å². The van der Waals surface area contributed by atoms with Gasteiger partial charge in [-0.1, -0.05) is 0 Å². The molecule has 0 aliphatic heterocycles. The first-order valence-corrected chi connectivity index (χ1v) is 12.1. The molecule has 0 saturated heterocycles. The van der Waals surface area contributed by atoms with E-state index in [-0.39, 0.29) is 16.8 Å². The number of nitrogens with one attached hydrogen (secondary N) is 1. The van der Waals surface area contributed by atoms with E-state index in [2.05, 4.69) is 9.94 Å². The lowest BCUT2D eigenvalue weighted by atomic mass is 9.99. The number of carbonyl (C=O) groups excluding carboxylic acids is 1. The van der Waals surface area contributed by atoms with Gasteiger partial charge in [0, 0.05) is 35.3 Å². The molecule has 5 rings (SSSR count). The summed E-state index contributed by atoms with van der Waals surface area (Å²) in [5.74, 6) is -3.42. The van der Waals surface area contributed by atoms with Crippen LogP contribution in [0.15, 0.2) is 57.9 Å². The maximum absolute atomic E-state index is 14.6. The normalized spacial score (nSPS) is 12.2. The van der Waals surface area contributed by atoms with Gasteiger partial charge in [-0.15, -0.1) is 0 Å². The van der Waals surface area contributed by atoms with E-state index in [9.17, 15) is 18.4 Å². The number of ether oxygens (including phenoxy) is 1. The number of carbonyl (C=O) groups is 1. The molecule has 1 atom stereocenters. The molecule has 200 valence electrons. The Morgan fingerprint density at radius 3 is 2.64 bits per heavy atom. The van der Waals surface area contributed by atoms with Crippen LogP contribution in [0.4, 0.5) is 8.78 Å². The maximum Gasteiger partial charge on any atom is 0.281 e.